The summed E-state index contributed by atoms with van der Waals surface area (Å²) in [6, 6.07) is 7.98. The van der Waals surface area contributed by atoms with Crippen LogP contribution in [0.5, 0.6) is 0 Å². The average molecular weight is 371 g/mol. The van der Waals surface area contributed by atoms with E-state index in [1.807, 2.05) is 24.3 Å². The predicted octanol–water partition coefficient (Wildman–Crippen LogP) is 6.79. The number of hydrogen-bond acceptors (Lipinski definition) is 3. The first kappa shape index (κ1) is 21.6. The Morgan fingerprint density at radius 3 is 1.96 bits per heavy atom. The highest BCUT2D eigenvalue weighted by atomic mass is 15.4. The monoisotopic (exact) mass is 370 g/mol. The van der Waals surface area contributed by atoms with E-state index in [4.69, 9.17) is 0 Å². The van der Waals surface area contributed by atoms with Crippen molar-refractivity contribution < 1.29 is 0 Å². The first-order valence-electron chi connectivity index (χ1n) is 11.2. The highest BCUT2D eigenvalue weighted by Gasteiger charge is 1.99. The van der Waals surface area contributed by atoms with Gasteiger partial charge >= 0.3 is 0 Å². The molecule has 2 aromatic rings. The largest absolute Gasteiger partial charge is 0.273 e. The summed E-state index contributed by atoms with van der Waals surface area (Å²) in [4.78, 5) is 4.49. The fourth-order valence-corrected chi connectivity index (χ4v) is 3.51. The zero-order valence-electron chi connectivity index (χ0n) is 17.3. The van der Waals surface area contributed by atoms with Gasteiger partial charge in [-0.25, -0.2) is 4.68 Å². The molecule has 1 aromatic carbocycles. The molecule has 27 heavy (non-hydrogen) atoms. The number of rotatable bonds is 16. The molecule has 0 saturated carbocycles. The molecule has 1 heterocycles. The van der Waals surface area contributed by atoms with E-state index in [9.17, 15) is 0 Å². The highest BCUT2D eigenvalue weighted by Crippen LogP contribution is 2.13. The summed E-state index contributed by atoms with van der Waals surface area (Å²) in [6.45, 7) is 3.17. The van der Waals surface area contributed by atoms with Gasteiger partial charge in [-0.05, 0) is 18.6 Å². The summed E-state index contributed by atoms with van der Waals surface area (Å²) < 4.78 is 1.76. The number of nitrogens with zero attached hydrogens (tertiary/aromatic N) is 4. The van der Waals surface area contributed by atoms with Gasteiger partial charge in [0.15, 0.2) is 0 Å². The van der Waals surface area contributed by atoms with E-state index in [0.29, 0.717) is 0 Å². The van der Waals surface area contributed by atoms with Crippen LogP contribution in [0.4, 0.5) is 0 Å². The molecule has 150 valence electrons. The third-order valence-corrected chi connectivity index (χ3v) is 5.21. The van der Waals surface area contributed by atoms with Crippen molar-refractivity contribution >= 4 is 17.4 Å². The summed E-state index contributed by atoms with van der Waals surface area (Å²) in [7, 11) is 0. The minimum absolute atomic E-state index is 0.881. The second kappa shape index (κ2) is 14.4. The molecule has 1 aromatic heterocycles. The molecule has 0 amide bonds. The van der Waals surface area contributed by atoms with Crippen molar-refractivity contribution in [3.63, 3.8) is 0 Å². The number of unbranched alkanes of at least 4 members (excludes halogenated alkanes) is 13. The molecule has 2 rings (SSSR count). The van der Waals surface area contributed by atoms with Crippen molar-refractivity contribution in [1.29, 1.82) is 0 Å². The molecule has 0 spiro atoms. The smallest absolute Gasteiger partial charge is 0.113 e. The van der Waals surface area contributed by atoms with Gasteiger partial charge in [0, 0.05) is 6.54 Å². The van der Waals surface area contributed by atoms with E-state index in [2.05, 4.69) is 22.2 Å². The normalized spacial score (nSPS) is 11.7. The molecular weight excluding hydrogens is 332 g/mol. The Morgan fingerprint density at radius 1 is 0.778 bits per heavy atom. The first-order valence-corrected chi connectivity index (χ1v) is 11.2. The Balaban J connectivity index is 1.38. The molecule has 4 nitrogen and oxygen atoms in total. The van der Waals surface area contributed by atoms with Crippen molar-refractivity contribution in [3.8, 4) is 0 Å². The third kappa shape index (κ3) is 9.16. The summed E-state index contributed by atoms with van der Waals surface area (Å²) >= 11 is 0. The van der Waals surface area contributed by atoms with Gasteiger partial charge in [-0.1, -0.05) is 108 Å². The maximum Gasteiger partial charge on any atom is 0.113 e. The number of aliphatic imine (C=N–C) groups is 1. The standard InChI is InChI=1S/C23H38N4/c1-2-3-4-5-6-7-8-9-10-11-12-13-14-17-20-24-21-27-23-19-16-15-18-22(23)25-26-27/h15-16,18-19,21H,2-14,17,20H2,1H3. The van der Waals surface area contributed by atoms with Crippen LogP contribution in [-0.4, -0.2) is 27.9 Å². The van der Waals surface area contributed by atoms with Crippen molar-refractivity contribution in [2.75, 3.05) is 6.54 Å². The topological polar surface area (TPSA) is 43.1 Å². The molecule has 0 atom stereocenters. The van der Waals surface area contributed by atoms with Crippen LogP contribution in [0.3, 0.4) is 0 Å². The maximum absolute atomic E-state index is 4.49. The maximum atomic E-state index is 4.49. The molecule has 0 saturated heterocycles. The molecule has 0 radical (unpaired) electrons. The Morgan fingerprint density at radius 2 is 1.33 bits per heavy atom. The molecule has 4 heteroatoms. The second-order valence-corrected chi connectivity index (χ2v) is 7.64. The fraction of sp³-hybridized carbons (Fsp3) is 0.696. The van der Waals surface area contributed by atoms with Crippen LogP contribution in [-0.2, 0) is 0 Å². The van der Waals surface area contributed by atoms with E-state index in [0.717, 1.165) is 17.6 Å². The fourth-order valence-electron chi connectivity index (χ4n) is 3.51. The summed E-state index contributed by atoms with van der Waals surface area (Å²) in [5, 5.41) is 8.25. The Labute approximate surface area is 165 Å². The Hall–Kier alpha value is -1.71. The van der Waals surface area contributed by atoms with Crippen LogP contribution in [0.2, 0.25) is 0 Å². The van der Waals surface area contributed by atoms with E-state index in [1.165, 1.54) is 89.9 Å². The van der Waals surface area contributed by atoms with Gasteiger partial charge in [0.2, 0.25) is 0 Å². The van der Waals surface area contributed by atoms with Gasteiger partial charge in [-0.3, -0.25) is 4.99 Å². The Bertz CT molecular complexity index is 632. The molecule has 0 fully saturated rings. The summed E-state index contributed by atoms with van der Waals surface area (Å²) in [6.07, 6.45) is 21.2. The van der Waals surface area contributed by atoms with Crippen LogP contribution in [0.15, 0.2) is 29.3 Å². The number of para-hydroxylation sites is 1. The summed E-state index contributed by atoms with van der Waals surface area (Å²) in [5.74, 6) is 0. The van der Waals surface area contributed by atoms with Gasteiger partial charge in [0.05, 0.1) is 5.52 Å². The first-order chi connectivity index (χ1) is 13.4. The molecule has 0 aliphatic carbocycles. The Kier molecular flexibility index (Phi) is 11.5. The lowest BCUT2D eigenvalue weighted by Crippen LogP contribution is -1.98. The quantitative estimate of drug-likeness (QED) is 0.185. The van der Waals surface area contributed by atoms with Crippen molar-refractivity contribution in [2.45, 2.75) is 96.8 Å². The molecule has 0 aliphatic rings. The minimum atomic E-state index is 0.881. The van der Waals surface area contributed by atoms with Crippen LogP contribution < -0.4 is 0 Å². The number of fused-ring (bicyclic) bond motifs is 1. The minimum Gasteiger partial charge on any atom is -0.273 e. The number of benzene rings is 1. The van der Waals surface area contributed by atoms with E-state index in [1.54, 1.807) is 11.0 Å². The molecule has 0 bridgehead atoms. The number of hydrogen-bond donors (Lipinski definition) is 0. The molecule has 0 N–H and O–H groups in total. The molecule has 0 aliphatic heterocycles. The van der Waals surface area contributed by atoms with Crippen LogP contribution in [0, 0.1) is 0 Å². The van der Waals surface area contributed by atoms with Crippen molar-refractivity contribution in [1.82, 2.24) is 15.0 Å². The van der Waals surface area contributed by atoms with Crippen LogP contribution in [0.1, 0.15) is 96.8 Å². The lowest BCUT2D eigenvalue weighted by atomic mass is 10.0. The highest BCUT2D eigenvalue weighted by molar-refractivity contribution is 5.80. The van der Waals surface area contributed by atoms with Gasteiger partial charge in [0.1, 0.15) is 11.9 Å². The zero-order chi connectivity index (χ0) is 19.0. The van der Waals surface area contributed by atoms with Gasteiger partial charge in [-0.15, -0.1) is 5.10 Å². The molecule has 0 unspecified atom stereocenters. The van der Waals surface area contributed by atoms with E-state index in [-0.39, 0.29) is 0 Å². The van der Waals surface area contributed by atoms with Crippen molar-refractivity contribution in [3.05, 3.63) is 24.3 Å². The third-order valence-electron chi connectivity index (χ3n) is 5.21. The summed E-state index contributed by atoms with van der Waals surface area (Å²) in [5.41, 5.74) is 1.93. The predicted molar refractivity (Wildman–Crippen MR) is 117 cm³/mol. The van der Waals surface area contributed by atoms with E-state index < -0.39 is 0 Å². The van der Waals surface area contributed by atoms with Gasteiger partial charge in [-0.2, -0.15) is 0 Å². The van der Waals surface area contributed by atoms with Crippen LogP contribution >= 0.6 is 0 Å². The van der Waals surface area contributed by atoms with Crippen molar-refractivity contribution in [2.24, 2.45) is 4.99 Å². The second-order valence-electron chi connectivity index (χ2n) is 7.64. The SMILES string of the molecule is CCCCCCCCCCCCCCCCN=Cn1nnc2ccccc21. The van der Waals surface area contributed by atoms with E-state index >= 15 is 0 Å². The van der Waals surface area contributed by atoms with Crippen LogP contribution in [0.25, 0.3) is 11.0 Å². The van der Waals surface area contributed by atoms with Gasteiger partial charge < -0.3 is 0 Å². The lowest BCUT2D eigenvalue weighted by Gasteiger charge is -2.02. The molecular formula is C23H38N4. The zero-order valence-corrected chi connectivity index (χ0v) is 17.3. The lowest BCUT2D eigenvalue weighted by molar-refractivity contribution is 0.536. The van der Waals surface area contributed by atoms with Gasteiger partial charge in [0.25, 0.3) is 0 Å². The average Bonchev–Trinajstić information content (AvgIpc) is 3.11. The number of aromatic nitrogens is 3.